The van der Waals surface area contributed by atoms with E-state index in [0.29, 0.717) is 12.6 Å². The van der Waals surface area contributed by atoms with Gasteiger partial charge in [-0.05, 0) is 33.3 Å². The van der Waals surface area contributed by atoms with E-state index in [2.05, 4.69) is 5.32 Å². The summed E-state index contributed by atoms with van der Waals surface area (Å²) in [4.78, 5) is 0. The molecule has 2 heterocycles. The van der Waals surface area contributed by atoms with Crippen molar-refractivity contribution in [1.29, 1.82) is 0 Å². The van der Waals surface area contributed by atoms with E-state index in [1.165, 1.54) is 0 Å². The van der Waals surface area contributed by atoms with Crippen LogP contribution in [-0.2, 0) is 10.3 Å². The Morgan fingerprint density at radius 3 is 2.82 bits per heavy atom. The van der Waals surface area contributed by atoms with Crippen LogP contribution in [0.5, 0.6) is 0 Å². The third-order valence-electron chi connectivity index (χ3n) is 3.29. The van der Waals surface area contributed by atoms with Gasteiger partial charge in [-0.1, -0.05) is 0 Å². The lowest BCUT2D eigenvalue weighted by atomic mass is 9.96. The van der Waals surface area contributed by atoms with E-state index >= 15 is 0 Å². The van der Waals surface area contributed by atoms with E-state index in [-0.39, 0.29) is 0 Å². The predicted molar refractivity (Wildman–Crippen MR) is 65.0 cm³/mol. The molecule has 4 nitrogen and oxygen atoms in total. The zero-order chi connectivity index (χ0) is 12.5. The molecule has 1 aliphatic rings. The van der Waals surface area contributed by atoms with Crippen molar-refractivity contribution in [3.8, 4) is 0 Å². The second kappa shape index (κ2) is 4.80. The number of hydrogen-bond donors (Lipinski definition) is 2. The molecule has 0 amide bonds. The van der Waals surface area contributed by atoms with Crippen molar-refractivity contribution in [2.24, 2.45) is 0 Å². The molecule has 2 rings (SSSR count). The Kier molecular flexibility index (Phi) is 3.56. The summed E-state index contributed by atoms with van der Waals surface area (Å²) in [6, 6.07) is 2.26. The van der Waals surface area contributed by atoms with Crippen molar-refractivity contribution in [3.63, 3.8) is 0 Å². The second-order valence-electron chi connectivity index (χ2n) is 5.04. The lowest BCUT2D eigenvalue weighted by molar-refractivity contribution is 0.0517. The van der Waals surface area contributed by atoms with Gasteiger partial charge >= 0.3 is 0 Å². The topological polar surface area (TPSA) is 54.6 Å². The van der Waals surface area contributed by atoms with Gasteiger partial charge in [0.25, 0.3) is 0 Å². The Hall–Kier alpha value is -0.840. The molecular formula is C13H21NO3. The average Bonchev–Trinajstić information content (AvgIpc) is 2.85. The number of nitrogens with one attached hydrogen (secondary N) is 1. The van der Waals surface area contributed by atoms with Crippen LogP contribution in [0.25, 0.3) is 0 Å². The fraction of sp³-hybridized carbons (Fsp3) is 0.692. The predicted octanol–water partition coefficient (Wildman–Crippen LogP) is 1.48. The molecule has 17 heavy (non-hydrogen) atoms. The highest BCUT2D eigenvalue weighted by atomic mass is 16.5. The third kappa shape index (κ3) is 2.89. The Labute approximate surface area is 102 Å². The minimum Gasteiger partial charge on any atom is -0.466 e. The molecule has 96 valence electrons. The maximum absolute atomic E-state index is 10.5. The van der Waals surface area contributed by atoms with E-state index in [1.807, 2.05) is 26.8 Å². The number of furan rings is 1. The van der Waals surface area contributed by atoms with Crippen molar-refractivity contribution in [2.45, 2.75) is 38.8 Å². The van der Waals surface area contributed by atoms with Gasteiger partial charge in [0.05, 0.1) is 6.61 Å². The molecule has 2 atom stereocenters. The van der Waals surface area contributed by atoms with Gasteiger partial charge in [0.15, 0.2) is 0 Å². The summed E-state index contributed by atoms with van der Waals surface area (Å²) in [6.45, 7) is 7.65. The first-order valence-electron chi connectivity index (χ1n) is 6.10. The summed E-state index contributed by atoms with van der Waals surface area (Å²) in [5, 5.41) is 13.8. The van der Waals surface area contributed by atoms with Crippen LogP contribution in [0.2, 0.25) is 0 Å². The van der Waals surface area contributed by atoms with Crippen molar-refractivity contribution in [1.82, 2.24) is 5.32 Å². The number of rotatable bonds is 4. The number of hydrogen-bond acceptors (Lipinski definition) is 4. The number of aryl methyl sites for hydroxylation is 2. The quantitative estimate of drug-likeness (QED) is 0.835. The van der Waals surface area contributed by atoms with E-state index in [0.717, 1.165) is 36.7 Å². The molecule has 1 fully saturated rings. The van der Waals surface area contributed by atoms with E-state index in [9.17, 15) is 5.11 Å². The first-order chi connectivity index (χ1) is 7.99. The highest BCUT2D eigenvalue weighted by Gasteiger charge is 2.29. The Bertz CT molecular complexity index is 378. The van der Waals surface area contributed by atoms with Gasteiger partial charge in [0.2, 0.25) is 0 Å². The van der Waals surface area contributed by atoms with Crippen LogP contribution in [0.1, 0.15) is 30.4 Å². The van der Waals surface area contributed by atoms with Gasteiger partial charge in [-0.3, -0.25) is 0 Å². The van der Waals surface area contributed by atoms with Crippen LogP contribution in [0.4, 0.5) is 0 Å². The summed E-state index contributed by atoms with van der Waals surface area (Å²) in [7, 11) is 0. The molecule has 2 N–H and O–H groups in total. The van der Waals surface area contributed by atoms with Crippen molar-refractivity contribution >= 4 is 0 Å². The minimum atomic E-state index is -0.898. The van der Waals surface area contributed by atoms with Gasteiger partial charge < -0.3 is 19.6 Å². The van der Waals surface area contributed by atoms with Gasteiger partial charge in [0.1, 0.15) is 17.1 Å². The average molecular weight is 239 g/mol. The summed E-state index contributed by atoms with van der Waals surface area (Å²) >= 11 is 0. The first kappa shape index (κ1) is 12.6. The standard InChI is InChI=1S/C13H21NO3/c1-9-6-12(10(2)17-9)13(3,15)8-14-11-4-5-16-7-11/h6,11,14-15H,4-5,7-8H2,1-3H3. The summed E-state index contributed by atoms with van der Waals surface area (Å²) in [5.41, 5.74) is -0.0360. The van der Waals surface area contributed by atoms with E-state index in [4.69, 9.17) is 9.15 Å². The SMILES string of the molecule is Cc1cc(C(C)(O)CNC2CCOC2)c(C)o1. The van der Waals surface area contributed by atoms with E-state index in [1.54, 1.807) is 0 Å². The normalized spacial score (nSPS) is 23.9. The van der Waals surface area contributed by atoms with Crippen LogP contribution in [0.3, 0.4) is 0 Å². The first-order valence-corrected chi connectivity index (χ1v) is 6.10. The Morgan fingerprint density at radius 1 is 1.53 bits per heavy atom. The molecule has 1 aromatic rings. The number of ether oxygens (including phenoxy) is 1. The van der Waals surface area contributed by atoms with Crippen LogP contribution in [0, 0.1) is 13.8 Å². The monoisotopic (exact) mass is 239 g/mol. The zero-order valence-corrected chi connectivity index (χ0v) is 10.7. The van der Waals surface area contributed by atoms with Gasteiger partial charge in [0, 0.05) is 24.8 Å². The zero-order valence-electron chi connectivity index (χ0n) is 10.7. The maximum Gasteiger partial charge on any atom is 0.107 e. The van der Waals surface area contributed by atoms with E-state index < -0.39 is 5.60 Å². The number of aliphatic hydroxyl groups is 1. The van der Waals surface area contributed by atoms with Crippen LogP contribution >= 0.6 is 0 Å². The summed E-state index contributed by atoms with van der Waals surface area (Å²) in [5.74, 6) is 1.62. The smallest absolute Gasteiger partial charge is 0.107 e. The lowest BCUT2D eigenvalue weighted by Gasteiger charge is -2.25. The molecule has 4 heteroatoms. The van der Waals surface area contributed by atoms with Gasteiger partial charge in [-0.15, -0.1) is 0 Å². The molecule has 1 aromatic heterocycles. The highest BCUT2D eigenvalue weighted by molar-refractivity contribution is 5.26. The molecular weight excluding hydrogens is 218 g/mol. The van der Waals surface area contributed by atoms with Crippen molar-refractivity contribution in [2.75, 3.05) is 19.8 Å². The van der Waals surface area contributed by atoms with Gasteiger partial charge in [-0.2, -0.15) is 0 Å². The largest absolute Gasteiger partial charge is 0.466 e. The molecule has 1 saturated heterocycles. The molecule has 0 spiro atoms. The molecule has 0 saturated carbocycles. The van der Waals surface area contributed by atoms with Crippen molar-refractivity contribution in [3.05, 3.63) is 23.2 Å². The Morgan fingerprint density at radius 2 is 2.29 bits per heavy atom. The summed E-state index contributed by atoms with van der Waals surface area (Å²) < 4.78 is 10.8. The fourth-order valence-electron chi connectivity index (χ4n) is 2.30. The maximum atomic E-state index is 10.5. The lowest BCUT2D eigenvalue weighted by Crippen LogP contribution is -2.41. The summed E-state index contributed by atoms with van der Waals surface area (Å²) in [6.07, 6.45) is 1.01. The second-order valence-corrected chi connectivity index (χ2v) is 5.04. The van der Waals surface area contributed by atoms with Crippen LogP contribution < -0.4 is 5.32 Å². The van der Waals surface area contributed by atoms with Crippen molar-refractivity contribution < 1.29 is 14.3 Å². The highest BCUT2D eigenvalue weighted by Crippen LogP contribution is 2.26. The molecule has 0 aliphatic carbocycles. The molecule has 2 unspecified atom stereocenters. The third-order valence-corrected chi connectivity index (χ3v) is 3.29. The molecule has 0 radical (unpaired) electrons. The minimum absolute atomic E-state index is 0.356. The van der Waals surface area contributed by atoms with Gasteiger partial charge in [-0.25, -0.2) is 0 Å². The molecule has 1 aliphatic heterocycles. The van der Waals surface area contributed by atoms with Crippen LogP contribution in [0.15, 0.2) is 10.5 Å². The molecule has 0 aromatic carbocycles. The fourth-order valence-corrected chi connectivity index (χ4v) is 2.30. The van der Waals surface area contributed by atoms with Crippen LogP contribution in [-0.4, -0.2) is 30.9 Å². The molecule has 0 bridgehead atoms. The Balaban J connectivity index is 1.99.